The fourth-order valence-electron chi connectivity index (χ4n) is 0.977. The molecule has 5 nitrogen and oxygen atoms in total. The number of hydrogen-bond donors (Lipinski definition) is 3. The van der Waals surface area contributed by atoms with Crippen molar-refractivity contribution in [3.05, 3.63) is 35.9 Å². The molecule has 0 saturated heterocycles. The van der Waals surface area contributed by atoms with Gasteiger partial charge in [0.1, 0.15) is 0 Å². The molecule has 0 aromatic heterocycles. The molecule has 0 aliphatic heterocycles. The Balaban J connectivity index is 3.04. The summed E-state index contributed by atoms with van der Waals surface area (Å²) in [4.78, 5) is 10.2. The Labute approximate surface area is 90.8 Å². The monoisotopic (exact) mass is 318 g/mol. The molecule has 1 aromatic rings. The van der Waals surface area contributed by atoms with Gasteiger partial charge in [-0.05, 0) is 0 Å². The Hall–Kier alpha value is -1.03. The van der Waals surface area contributed by atoms with Crippen LogP contribution in [0.5, 0.6) is 0 Å². The van der Waals surface area contributed by atoms with Crippen molar-refractivity contribution in [3.63, 3.8) is 0 Å². The molecule has 0 bridgehead atoms. The van der Waals surface area contributed by atoms with Crippen molar-refractivity contribution in [2.45, 2.75) is 0 Å². The Kier molecular flexibility index (Phi) is 3.74. The van der Waals surface area contributed by atoms with E-state index in [0.29, 0.717) is 5.56 Å². The third-order valence-corrected chi connectivity index (χ3v) is 4.34. The van der Waals surface area contributed by atoms with E-state index in [1.807, 2.05) is 0 Å². The fourth-order valence-corrected chi connectivity index (χ4v) is 2.68. The minimum absolute atomic E-state index is 0.0407. The number of carboxylic acids is 1. The Morgan fingerprint density at radius 3 is 2.53 bits per heavy atom. The second kappa shape index (κ2) is 4.66. The van der Waals surface area contributed by atoms with E-state index in [1.54, 1.807) is 6.07 Å². The van der Waals surface area contributed by atoms with Crippen LogP contribution in [0.15, 0.2) is 30.3 Å². The van der Waals surface area contributed by atoms with E-state index in [-0.39, 0.29) is 3.51 Å². The summed E-state index contributed by atoms with van der Waals surface area (Å²) in [6.45, 7) is 0. The van der Waals surface area contributed by atoms with Gasteiger partial charge >= 0.3 is 90.8 Å². The van der Waals surface area contributed by atoms with E-state index < -0.39 is 25.6 Å². The summed E-state index contributed by atoms with van der Waals surface area (Å²) in [5, 5.41) is 8.37. The molecule has 0 amide bonds. The van der Waals surface area contributed by atoms with Gasteiger partial charge in [-0.15, -0.1) is 0 Å². The third kappa shape index (κ3) is 3.91. The number of aliphatic carboxylic acids is 1. The van der Waals surface area contributed by atoms with Gasteiger partial charge in [0.05, 0.1) is 0 Å². The Morgan fingerprint density at radius 1 is 1.33 bits per heavy atom. The first kappa shape index (κ1) is 12.0. The van der Waals surface area contributed by atoms with Gasteiger partial charge < -0.3 is 0 Å². The molecule has 0 aliphatic carbocycles. The van der Waals surface area contributed by atoms with Gasteiger partial charge in [-0.25, -0.2) is 0 Å². The zero-order valence-electron chi connectivity index (χ0n) is 7.57. The van der Waals surface area contributed by atoms with Crippen LogP contribution in [0.3, 0.4) is 0 Å². The normalized spacial score (nSPS) is 11.9. The van der Waals surface area contributed by atoms with Crippen molar-refractivity contribution in [1.29, 1.82) is 0 Å². The van der Waals surface area contributed by atoms with Crippen LogP contribution < -0.4 is 3.51 Å². The van der Waals surface area contributed by atoms with Gasteiger partial charge in [-0.1, -0.05) is 0 Å². The van der Waals surface area contributed by atoms with Crippen molar-refractivity contribution in [2.75, 3.05) is 0 Å². The Morgan fingerprint density at radius 2 is 2.00 bits per heavy atom. The van der Waals surface area contributed by atoms with Gasteiger partial charge in [0.2, 0.25) is 0 Å². The van der Waals surface area contributed by atoms with Gasteiger partial charge in [0.15, 0.2) is 0 Å². The predicted molar refractivity (Wildman–Crippen MR) is 53.6 cm³/mol. The molecule has 0 saturated carbocycles. The molecule has 0 radical (unpaired) electrons. The molecule has 3 N–H and O–H groups in total. The van der Waals surface area contributed by atoms with E-state index in [9.17, 15) is 7.81 Å². The first-order valence-electron chi connectivity index (χ1n) is 3.97. The fraction of sp³-hybridized carbons (Fsp3) is 0. The van der Waals surface area contributed by atoms with E-state index in [4.69, 9.17) is 11.9 Å². The summed E-state index contributed by atoms with van der Waals surface area (Å²) in [5.41, 5.74) is 0.451. The summed E-state index contributed by atoms with van der Waals surface area (Å²) in [5.74, 6) is -1.11. The summed E-state index contributed by atoms with van der Waals surface area (Å²) in [6, 6.07) is 5.66. The molecular formula is C9H9O5Sb. The van der Waals surface area contributed by atoms with Crippen LogP contribution in [-0.4, -0.2) is 37.5 Å². The van der Waals surface area contributed by atoms with Crippen molar-refractivity contribution in [1.82, 2.24) is 0 Å². The number of benzene rings is 1. The molecule has 6 heteroatoms. The average Bonchev–Trinajstić information content (AvgIpc) is 2.14. The van der Waals surface area contributed by atoms with E-state index >= 15 is 0 Å². The number of carbonyl (C=O) groups is 1. The Bertz CT molecular complexity index is 446. The zero-order chi connectivity index (χ0) is 11.5. The van der Waals surface area contributed by atoms with Crippen LogP contribution in [0.4, 0.5) is 0 Å². The number of rotatable bonds is 3. The quantitative estimate of drug-likeness (QED) is 0.508. The number of hydrogen-bond acceptors (Lipinski definition) is 2. The van der Waals surface area contributed by atoms with Gasteiger partial charge in [0, 0.05) is 0 Å². The molecular weight excluding hydrogens is 310 g/mol. The van der Waals surface area contributed by atoms with Gasteiger partial charge in [-0.2, -0.15) is 0 Å². The standard InChI is InChI=1S/C9H7O2.2H2O.O.Sb/c10-9(11)7-6-8-4-2-1-3-5-8;;;;/h1-2,4-7H,(H,10,11);2*1H2;;/q;;;;+2/p-2/b7-6-;;;;. The molecule has 1 aromatic carbocycles. The first-order chi connectivity index (χ1) is 6.89. The summed E-state index contributed by atoms with van der Waals surface area (Å²) >= 11 is -5.16. The second-order valence-corrected chi connectivity index (χ2v) is 7.39. The van der Waals surface area contributed by atoms with E-state index in [2.05, 4.69) is 0 Å². The van der Waals surface area contributed by atoms with Gasteiger partial charge in [-0.3, -0.25) is 0 Å². The van der Waals surface area contributed by atoms with Crippen LogP contribution >= 0.6 is 0 Å². The summed E-state index contributed by atoms with van der Waals surface area (Å²) in [6.07, 6.45) is 2.19. The molecule has 0 spiro atoms. The molecule has 15 heavy (non-hydrogen) atoms. The van der Waals surface area contributed by atoms with Crippen LogP contribution in [0.1, 0.15) is 5.56 Å². The van der Waals surface area contributed by atoms with Crippen molar-refractivity contribution >= 4 is 35.2 Å². The van der Waals surface area contributed by atoms with Crippen LogP contribution in [-0.2, 0) is 7.81 Å². The third-order valence-electron chi connectivity index (χ3n) is 1.62. The molecule has 0 aliphatic rings. The van der Waals surface area contributed by atoms with Crippen molar-refractivity contribution < 1.29 is 19.7 Å². The predicted octanol–water partition coefficient (Wildman–Crippen LogP) is -0.655. The molecule has 80 valence electrons. The minimum atomic E-state index is -5.16. The van der Waals surface area contributed by atoms with Crippen molar-refractivity contribution in [2.24, 2.45) is 0 Å². The molecule has 1 rings (SSSR count). The van der Waals surface area contributed by atoms with Gasteiger partial charge in [0.25, 0.3) is 0 Å². The second-order valence-electron chi connectivity index (χ2n) is 2.81. The summed E-state index contributed by atoms with van der Waals surface area (Å²) < 4.78 is 28.8. The number of carboxylic acid groups (broad SMARTS) is 1. The maximum absolute atomic E-state index is 11.0. The average molecular weight is 319 g/mol. The van der Waals surface area contributed by atoms with Crippen molar-refractivity contribution in [3.8, 4) is 0 Å². The van der Waals surface area contributed by atoms with Crippen LogP contribution in [0, 0.1) is 0 Å². The van der Waals surface area contributed by atoms with Crippen LogP contribution in [0.2, 0.25) is 0 Å². The summed E-state index contributed by atoms with van der Waals surface area (Å²) in [7, 11) is 0. The van der Waals surface area contributed by atoms with Crippen LogP contribution in [0.25, 0.3) is 6.08 Å². The molecule has 0 atom stereocenters. The SMILES string of the molecule is O=C(O)/C=C\c1ccc[c]([Sb](=[O])([OH])[OH])c1. The molecule has 0 unspecified atom stereocenters. The van der Waals surface area contributed by atoms with E-state index in [0.717, 1.165) is 6.08 Å². The van der Waals surface area contributed by atoms with E-state index in [1.165, 1.54) is 24.3 Å². The first-order valence-corrected chi connectivity index (χ1v) is 8.57. The maximum atomic E-state index is 11.0. The zero-order valence-corrected chi connectivity index (χ0v) is 10.1. The molecule has 0 heterocycles. The molecule has 0 fully saturated rings. The topological polar surface area (TPSA) is 94.8 Å².